The topological polar surface area (TPSA) is 95.8 Å². The number of rotatable bonds is 8. The van der Waals surface area contributed by atoms with Crippen LogP contribution in [0.4, 0.5) is 0 Å². The van der Waals surface area contributed by atoms with E-state index < -0.39 is 15.6 Å². The van der Waals surface area contributed by atoms with Crippen molar-refractivity contribution in [1.82, 2.24) is 19.5 Å². The Morgan fingerprint density at radius 1 is 1.14 bits per heavy atom. The van der Waals surface area contributed by atoms with Crippen molar-refractivity contribution in [2.24, 2.45) is 10.9 Å². The summed E-state index contributed by atoms with van der Waals surface area (Å²) in [6.07, 6.45) is 9.26. The molecule has 2 fully saturated rings. The second-order valence-corrected chi connectivity index (χ2v) is 12.3. The maximum Gasteiger partial charge on any atom is 0.253 e. The molecule has 1 amide bonds. The number of hydrogen-bond donors (Lipinski definition) is 2. The second kappa shape index (κ2) is 10.0. The summed E-state index contributed by atoms with van der Waals surface area (Å²) in [5.74, 6) is 1.24. The van der Waals surface area contributed by atoms with Crippen LogP contribution in [0.15, 0.2) is 35.5 Å². The molecule has 0 bridgehead atoms. The normalized spacial score (nSPS) is 21.5. The van der Waals surface area contributed by atoms with E-state index in [1.807, 2.05) is 19.2 Å². The molecule has 190 valence electrons. The van der Waals surface area contributed by atoms with Crippen LogP contribution in [-0.2, 0) is 27.8 Å². The predicted octanol–water partition coefficient (Wildman–Crippen LogP) is 2.68. The monoisotopic (exact) mass is 499 g/mol. The number of sulfonamides is 1. The Labute approximate surface area is 208 Å². The molecular formula is C26H37N5O3S. The van der Waals surface area contributed by atoms with E-state index in [0.717, 1.165) is 48.2 Å². The molecule has 8 nitrogen and oxygen atoms in total. The highest BCUT2D eigenvalue weighted by molar-refractivity contribution is 7.89. The van der Waals surface area contributed by atoms with Crippen molar-refractivity contribution >= 4 is 32.7 Å². The van der Waals surface area contributed by atoms with E-state index in [4.69, 9.17) is 4.99 Å². The number of nitrogens with one attached hydrogen (secondary N) is 2. The Morgan fingerprint density at radius 2 is 1.91 bits per heavy atom. The lowest BCUT2D eigenvalue weighted by Gasteiger charge is -2.34. The lowest BCUT2D eigenvalue weighted by molar-refractivity contribution is -0.125. The standard InChI is InChI=1S/C26H37N5O3S/c1-27-14-18-30-15-10-22-20(8-5-9-23(22)30)11-19-35(33,34)31-16-12-26(13-17-31)25(32)28-24(29-26)21-6-3-2-4-7-21/h5,8-10,15,21,27H,2-4,6-7,11-14,16-19H2,1H3,(H,28,29,32). The van der Waals surface area contributed by atoms with Crippen molar-refractivity contribution in [2.45, 2.75) is 63.5 Å². The number of likely N-dealkylation sites (N-methyl/N-ethyl adjacent to an activating group) is 1. The fraction of sp³-hybridized carbons (Fsp3) is 0.615. The molecule has 35 heavy (non-hydrogen) atoms. The van der Waals surface area contributed by atoms with Gasteiger partial charge in [-0.1, -0.05) is 31.4 Å². The number of fused-ring (bicyclic) bond motifs is 1. The van der Waals surface area contributed by atoms with Gasteiger partial charge in [0.25, 0.3) is 5.91 Å². The first-order valence-electron chi connectivity index (χ1n) is 13.0. The van der Waals surface area contributed by atoms with Crippen LogP contribution in [0.25, 0.3) is 10.9 Å². The highest BCUT2D eigenvalue weighted by Gasteiger charge is 2.48. The maximum atomic E-state index is 13.2. The van der Waals surface area contributed by atoms with Gasteiger partial charge in [0.1, 0.15) is 11.4 Å². The summed E-state index contributed by atoms with van der Waals surface area (Å²) in [6.45, 7) is 2.45. The van der Waals surface area contributed by atoms with Crippen LogP contribution in [0.2, 0.25) is 0 Å². The molecular weight excluding hydrogens is 462 g/mol. The van der Waals surface area contributed by atoms with Crippen molar-refractivity contribution in [1.29, 1.82) is 0 Å². The molecule has 2 aliphatic heterocycles. The zero-order chi connectivity index (χ0) is 24.5. The molecule has 0 atom stereocenters. The summed E-state index contributed by atoms with van der Waals surface area (Å²) >= 11 is 0. The van der Waals surface area contributed by atoms with Gasteiger partial charge in [0.05, 0.1) is 5.75 Å². The van der Waals surface area contributed by atoms with Crippen LogP contribution in [0.5, 0.6) is 0 Å². The predicted molar refractivity (Wildman–Crippen MR) is 139 cm³/mol. The molecule has 2 aromatic rings. The van der Waals surface area contributed by atoms with Gasteiger partial charge in [-0.3, -0.25) is 9.79 Å². The molecule has 1 aromatic heterocycles. The highest BCUT2D eigenvalue weighted by atomic mass is 32.2. The van der Waals surface area contributed by atoms with Gasteiger partial charge in [-0.05, 0) is 56.8 Å². The Bertz CT molecular complexity index is 1200. The number of amidine groups is 1. The fourth-order valence-electron chi connectivity index (χ4n) is 5.88. The van der Waals surface area contributed by atoms with Gasteiger partial charge in [0.2, 0.25) is 10.0 Å². The average molecular weight is 500 g/mol. The fourth-order valence-corrected chi connectivity index (χ4v) is 7.36. The quantitative estimate of drug-likeness (QED) is 0.584. The van der Waals surface area contributed by atoms with Gasteiger partial charge in [0.15, 0.2) is 0 Å². The highest BCUT2D eigenvalue weighted by Crippen LogP contribution is 2.35. The zero-order valence-corrected chi connectivity index (χ0v) is 21.4. The number of aliphatic imine (C=N–C) groups is 1. The number of nitrogens with zero attached hydrogens (tertiary/aromatic N) is 3. The minimum absolute atomic E-state index is 0.0374. The molecule has 3 aliphatic rings. The van der Waals surface area contributed by atoms with Crippen LogP contribution >= 0.6 is 0 Å². The Kier molecular flexibility index (Phi) is 7.01. The lowest BCUT2D eigenvalue weighted by atomic mass is 9.88. The first-order valence-corrected chi connectivity index (χ1v) is 14.6. The molecule has 1 saturated heterocycles. The van der Waals surface area contributed by atoms with E-state index in [9.17, 15) is 13.2 Å². The summed E-state index contributed by atoms with van der Waals surface area (Å²) in [7, 11) is -1.48. The first kappa shape index (κ1) is 24.5. The molecule has 3 heterocycles. The number of hydrogen-bond acceptors (Lipinski definition) is 5. The number of aromatic nitrogens is 1. The molecule has 0 radical (unpaired) electrons. The minimum Gasteiger partial charge on any atom is -0.346 e. The SMILES string of the molecule is CNCCn1ccc2c(CCS(=O)(=O)N3CCC4(CC3)N=C(C3CCCCC3)NC4=O)cccc21. The summed E-state index contributed by atoms with van der Waals surface area (Å²) in [5.41, 5.74) is 1.41. The third-order valence-corrected chi connectivity index (χ3v) is 9.94. The molecule has 1 spiro atoms. The van der Waals surface area contributed by atoms with Gasteiger partial charge >= 0.3 is 0 Å². The minimum atomic E-state index is -3.42. The lowest BCUT2D eigenvalue weighted by Crippen LogP contribution is -2.51. The van der Waals surface area contributed by atoms with Crippen molar-refractivity contribution in [2.75, 3.05) is 32.4 Å². The van der Waals surface area contributed by atoms with Crippen molar-refractivity contribution in [3.8, 4) is 0 Å². The summed E-state index contributed by atoms with van der Waals surface area (Å²) < 4.78 is 30.2. The molecule has 0 unspecified atom stereocenters. The maximum absolute atomic E-state index is 13.2. The molecule has 1 aliphatic carbocycles. The van der Waals surface area contributed by atoms with E-state index in [0.29, 0.717) is 38.3 Å². The van der Waals surface area contributed by atoms with Crippen LogP contribution < -0.4 is 10.6 Å². The second-order valence-electron chi connectivity index (χ2n) is 10.2. The molecule has 1 aromatic carbocycles. The Hall–Kier alpha value is -2.23. The third kappa shape index (κ3) is 4.90. The van der Waals surface area contributed by atoms with Gasteiger partial charge in [-0.2, -0.15) is 0 Å². The molecule has 9 heteroatoms. The van der Waals surface area contributed by atoms with Gasteiger partial charge in [-0.15, -0.1) is 0 Å². The molecule has 2 N–H and O–H groups in total. The van der Waals surface area contributed by atoms with E-state index in [1.165, 1.54) is 19.3 Å². The van der Waals surface area contributed by atoms with E-state index in [2.05, 4.69) is 33.5 Å². The van der Waals surface area contributed by atoms with Crippen LogP contribution in [0, 0.1) is 5.92 Å². The average Bonchev–Trinajstić information content (AvgIpc) is 3.43. The Balaban J connectivity index is 1.22. The summed E-state index contributed by atoms with van der Waals surface area (Å²) in [5, 5.41) is 7.34. The number of amides is 1. The number of piperidine rings is 1. The smallest absolute Gasteiger partial charge is 0.253 e. The van der Waals surface area contributed by atoms with E-state index in [1.54, 1.807) is 4.31 Å². The van der Waals surface area contributed by atoms with Crippen molar-refractivity contribution < 1.29 is 13.2 Å². The molecule has 1 saturated carbocycles. The largest absolute Gasteiger partial charge is 0.346 e. The number of carbonyl (C=O) groups is 1. The third-order valence-electron chi connectivity index (χ3n) is 8.07. The van der Waals surface area contributed by atoms with E-state index in [-0.39, 0.29) is 11.7 Å². The van der Waals surface area contributed by atoms with Crippen molar-refractivity contribution in [3.63, 3.8) is 0 Å². The van der Waals surface area contributed by atoms with Gasteiger partial charge < -0.3 is 15.2 Å². The Morgan fingerprint density at radius 3 is 2.66 bits per heavy atom. The summed E-state index contributed by atoms with van der Waals surface area (Å²) in [4.78, 5) is 17.7. The van der Waals surface area contributed by atoms with E-state index >= 15 is 0 Å². The summed E-state index contributed by atoms with van der Waals surface area (Å²) in [6, 6.07) is 8.20. The zero-order valence-electron chi connectivity index (χ0n) is 20.6. The van der Waals surface area contributed by atoms with Crippen LogP contribution in [0.3, 0.4) is 0 Å². The van der Waals surface area contributed by atoms with Gasteiger partial charge in [-0.25, -0.2) is 12.7 Å². The number of benzene rings is 1. The van der Waals surface area contributed by atoms with Crippen molar-refractivity contribution in [3.05, 3.63) is 36.0 Å². The van der Waals surface area contributed by atoms with Crippen LogP contribution in [0.1, 0.15) is 50.5 Å². The number of carbonyl (C=O) groups excluding carboxylic acids is 1. The molecule has 5 rings (SSSR count). The number of aryl methyl sites for hydroxylation is 1. The first-order chi connectivity index (χ1) is 16.9. The van der Waals surface area contributed by atoms with Crippen LogP contribution in [-0.4, -0.2) is 67.0 Å². The van der Waals surface area contributed by atoms with Gasteiger partial charge in [0, 0.05) is 49.2 Å².